The average molecular weight is 296 g/mol. The Morgan fingerprint density at radius 3 is 2.57 bits per heavy atom. The number of urea groups is 1. The van der Waals surface area contributed by atoms with Crippen LogP contribution in [0, 0.1) is 11.3 Å². The summed E-state index contributed by atoms with van der Waals surface area (Å²) in [7, 11) is 0. The number of likely N-dealkylation sites (tertiary alicyclic amines) is 1. The molecule has 1 heterocycles. The molecule has 0 bridgehead atoms. The zero-order chi connectivity index (χ0) is 15.3. The van der Waals surface area contributed by atoms with Crippen molar-refractivity contribution in [2.24, 2.45) is 11.3 Å². The van der Waals surface area contributed by atoms with E-state index in [1.165, 1.54) is 32.1 Å². The summed E-state index contributed by atoms with van der Waals surface area (Å²) in [5, 5.41) is 12.5. The van der Waals surface area contributed by atoms with Crippen LogP contribution in [0.1, 0.15) is 58.3 Å². The Bertz CT molecular complexity index is 380. The summed E-state index contributed by atoms with van der Waals surface area (Å²) < 4.78 is 0. The first kappa shape index (κ1) is 16.1. The molecular formula is C16H28N2O3. The number of carboxylic acid groups (broad SMARTS) is 1. The third-order valence-electron chi connectivity index (χ3n) is 5.26. The summed E-state index contributed by atoms with van der Waals surface area (Å²) in [4.78, 5) is 25.5. The quantitative estimate of drug-likeness (QED) is 0.838. The van der Waals surface area contributed by atoms with Gasteiger partial charge in [-0.3, -0.25) is 4.79 Å². The van der Waals surface area contributed by atoms with Crippen LogP contribution in [0.3, 0.4) is 0 Å². The molecule has 1 saturated heterocycles. The van der Waals surface area contributed by atoms with E-state index in [1.807, 2.05) is 6.92 Å². The van der Waals surface area contributed by atoms with Crippen molar-refractivity contribution in [2.45, 2.75) is 58.3 Å². The molecule has 2 amide bonds. The SMILES string of the molecule is CCC1(C(=O)O)CCCN(C(=O)NCC2CCCCC2)C1. The van der Waals surface area contributed by atoms with Crippen LogP contribution in [0.15, 0.2) is 0 Å². The first-order valence-corrected chi connectivity index (χ1v) is 8.33. The predicted octanol–water partition coefficient (Wildman–Crippen LogP) is 2.85. The van der Waals surface area contributed by atoms with E-state index in [4.69, 9.17) is 0 Å². The Hall–Kier alpha value is -1.26. The average Bonchev–Trinajstić information content (AvgIpc) is 2.53. The van der Waals surface area contributed by atoms with Crippen LogP contribution in [0.4, 0.5) is 4.79 Å². The molecule has 1 aliphatic heterocycles. The number of piperidine rings is 1. The van der Waals surface area contributed by atoms with Crippen molar-refractivity contribution >= 4 is 12.0 Å². The molecule has 0 aromatic rings. The number of nitrogens with zero attached hydrogens (tertiary/aromatic N) is 1. The Morgan fingerprint density at radius 2 is 1.95 bits per heavy atom. The molecule has 2 fully saturated rings. The molecule has 0 aromatic carbocycles. The van der Waals surface area contributed by atoms with Gasteiger partial charge in [0.15, 0.2) is 0 Å². The second-order valence-corrected chi connectivity index (χ2v) is 6.65. The molecule has 0 spiro atoms. The highest BCUT2D eigenvalue weighted by Crippen LogP contribution is 2.33. The van der Waals surface area contributed by atoms with Gasteiger partial charge in [-0.05, 0) is 38.0 Å². The van der Waals surface area contributed by atoms with E-state index >= 15 is 0 Å². The highest BCUT2D eigenvalue weighted by Gasteiger charge is 2.42. The van der Waals surface area contributed by atoms with Crippen molar-refractivity contribution in [1.29, 1.82) is 0 Å². The molecule has 5 heteroatoms. The fraction of sp³-hybridized carbons (Fsp3) is 0.875. The molecule has 1 saturated carbocycles. The highest BCUT2D eigenvalue weighted by molar-refractivity contribution is 5.78. The lowest BCUT2D eigenvalue weighted by atomic mass is 9.78. The number of amides is 2. The Labute approximate surface area is 127 Å². The van der Waals surface area contributed by atoms with Crippen LogP contribution >= 0.6 is 0 Å². The second-order valence-electron chi connectivity index (χ2n) is 6.65. The van der Waals surface area contributed by atoms with Crippen LogP contribution < -0.4 is 5.32 Å². The third-order valence-corrected chi connectivity index (χ3v) is 5.26. The molecule has 5 nitrogen and oxygen atoms in total. The summed E-state index contributed by atoms with van der Waals surface area (Å²) >= 11 is 0. The van der Waals surface area contributed by atoms with Crippen molar-refractivity contribution in [1.82, 2.24) is 10.2 Å². The van der Waals surface area contributed by atoms with Crippen LogP contribution in [0.2, 0.25) is 0 Å². The maximum Gasteiger partial charge on any atom is 0.317 e. The summed E-state index contributed by atoms with van der Waals surface area (Å²) in [6.45, 7) is 3.65. The Kier molecular flexibility index (Phi) is 5.48. The third kappa shape index (κ3) is 3.89. The molecule has 2 N–H and O–H groups in total. The topological polar surface area (TPSA) is 69.6 Å². The van der Waals surface area contributed by atoms with Gasteiger partial charge in [-0.25, -0.2) is 4.79 Å². The molecule has 1 unspecified atom stereocenters. The Morgan fingerprint density at radius 1 is 1.24 bits per heavy atom. The second kappa shape index (κ2) is 7.14. The number of carbonyl (C=O) groups excluding carboxylic acids is 1. The predicted molar refractivity (Wildman–Crippen MR) is 81.1 cm³/mol. The number of carboxylic acids is 1. The molecule has 2 rings (SSSR count). The van der Waals surface area contributed by atoms with E-state index in [0.717, 1.165) is 13.0 Å². The minimum atomic E-state index is -0.769. The molecule has 120 valence electrons. The molecule has 2 aliphatic rings. The van der Waals surface area contributed by atoms with Crippen molar-refractivity contribution in [3.8, 4) is 0 Å². The van der Waals surface area contributed by atoms with Crippen LogP contribution in [0.25, 0.3) is 0 Å². The van der Waals surface area contributed by atoms with Gasteiger partial charge in [0, 0.05) is 19.6 Å². The number of hydrogen-bond acceptors (Lipinski definition) is 2. The van der Waals surface area contributed by atoms with E-state index in [0.29, 0.717) is 31.8 Å². The van der Waals surface area contributed by atoms with E-state index < -0.39 is 11.4 Å². The van der Waals surface area contributed by atoms with Crippen LogP contribution in [-0.2, 0) is 4.79 Å². The van der Waals surface area contributed by atoms with E-state index in [9.17, 15) is 14.7 Å². The highest BCUT2D eigenvalue weighted by atomic mass is 16.4. The molecule has 0 radical (unpaired) electrons. The van der Waals surface area contributed by atoms with Crippen LogP contribution in [0.5, 0.6) is 0 Å². The van der Waals surface area contributed by atoms with Crippen molar-refractivity contribution in [2.75, 3.05) is 19.6 Å². The first-order chi connectivity index (χ1) is 10.1. The van der Waals surface area contributed by atoms with Crippen LogP contribution in [-0.4, -0.2) is 41.6 Å². The van der Waals surface area contributed by atoms with Gasteiger partial charge in [0.25, 0.3) is 0 Å². The van der Waals surface area contributed by atoms with E-state index in [1.54, 1.807) is 4.90 Å². The zero-order valence-corrected chi connectivity index (χ0v) is 13.1. The fourth-order valence-corrected chi connectivity index (χ4v) is 3.65. The Balaban J connectivity index is 1.85. The maximum atomic E-state index is 12.3. The van der Waals surface area contributed by atoms with Gasteiger partial charge in [-0.2, -0.15) is 0 Å². The number of hydrogen-bond donors (Lipinski definition) is 2. The standard InChI is InChI=1S/C16H28N2O3/c1-2-16(14(19)20)9-6-10-18(12-16)15(21)17-11-13-7-4-3-5-8-13/h13H,2-12H2,1H3,(H,17,21)(H,19,20). The summed E-state index contributed by atoms with van der Waals surface area (Å²) in [5.74, 6) is -0.169. The normalized spacial score (nSPS) is 27.4. The van der Waals surface area contributed by atoms with Gasteiger partial charge in [0.2, 0.25) is 0 Å². The maximum absolute atomic E-state index is 12.3. The van der Waals surface area contributed by atoms with Crippen molar-refractivity contribution < 1.29 is 14.7 Å². The smallest absolute Gasteiger partial charge is 0.317 e. The van der Waals surface area contributed by atoms with Gasteiger partial charge < -0.3 is 15.3 Å². The van der Waals surface area contributed by atoms with Crippen molar-refractivity contribution in [3.05, 3.63) is 0 Å². The van der Waals surface area contributed by atoms with Gasteiger partial charge in [0.05, 0.1) is 5.41 Å². The van der Waals surface area contributed by atoms with Gasteiger partial charge in [-0.1, -0.05) is 26.2 Å². The lowest BCUT2D eigenvalue weighted by Gasteiger charge is -2.39. The van der Waals surface area contributed by atoms with Gasteiger partial charge >= 0.3 is 12.0 Å². The molecule has 21 heavy (non-hydrogen) atoms. The molecule has 0 aromatic heterocycles. The van der Waals surface area contributed by atoms with E-state index in [-0.39, 0.29) is 6.03 Å². The molecule has 1 aliphatic carbocycles. The number of nitrogens with one attached hydrogen (secondary N) is 1. The summed E-state index contributed by atoms with van der Waals surface area (Å²) in [6.07, 6.45) is 8.28. The minimum absolute atomic E-state index is 0.0839. The fourth-order valence-electron chi connectivity index (χ4n) is 3.65. The lowest BCUT2D eigenvalue weighted by molar-refractivity contribution is -0.152. The van der Waals surface area contributed by atoms with E-state index in [2.05, 4.69) is 5.32 Å². The summed E-state index contributed by atoms with van der Waals surface area (Å²) in [6, 6.07) is -0.0839. The number of aliphatic carboxylic acids is 1. The summed E-state index contributed by atoms with van der Waals surface area (Å²) in [5.41, 5.74) is -0.750. The van der Waals surface area contributed by atoms with Gasteiger partial charge in [0.1, 0.15) is 0 Å². The first-order valence-electron chi connectivity index (χ1n) is 8.33. The largest absolute Gasteiger partial charge is 0.481 e. The molecule has 1 atom stereocenters. The monoisotopic (exact) mass is 296 g/mol. The van der Waals surface area contributed by atoms with Crippen molar-refractivity contribution in [3.63, 3.8) is 0 Å². The minimum Gasteiger partial charge on any atom is -0.481 e. The zero-order valence-electron chi connectivity index (χ0n) is 13.1. The molecular weight excluding hydrogens is 268 g/mol. The lowest BCUT2D eigenvalue weighted by Crippen LogP contribution is -2.53. The number of rotatable bonds is 4. The van der Waals surface area contributed by atoms with Gasteiger partial charge in [-0.15, -0.1) is 0 Å². The number of carbonyl (C=O) groups is 2.